The number of rotatable bonds is 4. The van der Waals surface area contributed by atoms with E-state index in [1.165, 1.54) is 12.1 Å². The largest absolute Gasteiger partial charge is 0.416 e. The average molecular weight is 430 g/mol. The minimum atomic E-state index is -4.34. The van der Waals surface area contributed by atoms with Crippen LogP contribution in [0.25, 0.3) is 0 Å². The molecule has 1 atom stereocenters. The summed E-state index contributed by atoms with van der Waals surface area (Å²) in [4.78, 5) is 19.0. The number of hydrogen-bond donors (Lipinski definition) is 0. The van der Waals surface area contributed by atoms with E-state index in [4.69, 9.17) is 0 Å². The van der Waals surface area contributed by atoms with Crippen molar-refractivity contribution in [2.24, 2.45) is 0 Å². The molecule has 9 heteroatoms. The van der Waals surface area contributed by atoms with E-state index in [1.54, 1.807) is 11.8 Å². The fourth-order valence-electron chi connectivity index (χ4n) is 3.89. The predicted molar refractivity (Wildman–Crippen MR) is 106 cm³/mol. The predicted octanol–water partition coefficient (Wildman–Crippen LogP) is 4.32. The summed E-state index contributed by atoms with van der Waals surface area (Å²) in [7, 11) is 0. The van der Waals surface area contributed by atoms with Crippen LogP contribution in [0.3, 0.4) is 0 Å². The van der Waals surface area contributed by atoms with Crippen LogP contribution < -0.4 is 0 Å². The Morgan fingerprint density at radius 2 is 1.87 bits per heavy atom. The van der Waals surface area contributed by atoms with Crippen molar-refractivity contribution < 1.29 is 22.6 Å². The molecule has 1 saturated heterocycles. The van der Waals surface area contributed by atoms with E-state index in [9.17, 15) is 18.0 Å². The molecule has 3 aromatic rings. The van der Waals surface area contributed by atoms with Crippen molar-refractivity contribution in [3.8, 4) is 0 Å². The molecule has 4 rings (SSSR count). The highest BCUT2D eigenvalue weighted by Crippen LogP contribution is 2.30. The smallest absolute Gasteiger partial charge is 0.336 e. The Morgan fingerprint density at radius 3 is 2.52 bits per heavy atom. The molecule has 162 valence electrons. The first-order chi connectivity index (χ1) is 14.7. The molecule has 0 saturated carbocycles. The van der Waals surface area contributed by atoms with Crippen LogP contribution in [0.5, 0.6) is 0 Å². The zero-order valence-corrected chi connectivity index (χ0v) is 17.1. The SMILES string of the molecule is Cc1cc(Cc2ccc(C(F)(F)F)cc2)cc(C2CCN(C(=O)c3nonc3C)C2)n1. The number of aromatic nitrogens is 3. The van der Waals surface area contributed by atoms with Crippen LogP contribution in [0.15, 0.2) is 41.0 Å². The summed E-state index contributed by atoms with van der Waals surface area (Å²) in [6, 6.07) is 9.12. The summed E-state index contributed by atoms with van der Waals surface area (Å²) in [5.74, 6) is -0.130. The van der Waals surface area contributed by atoms with Gasteiger partial charge in [-0.25, -0.2) is 4.63 Å². The Hall–Kier alpha value is -3.23. The van der Waals surface area contributed by atoms with E-state index in [0.29, 0.717) is 25.2 Å². The van der Waals surface area contributed by atoms with Crippen molar-refractivity contribution in [2.45, 2.75) is 38.8 Å². The Bertz CT molecular complexity index is 1090. The van der Waals surface area contributed by atoms with Crippen molar-refractivity contribution in [2.75, 3.05) is 13.1 Å². The highest BCUT2D eigenvalue weighted by molar-refractivity contribution is 5.93. The monoisotopic (exact) mass is 430 g/mol. The summed E-state index contributed by atoms with van der Waals surface area (Å²) < 4.78 is 43.0. The molecule has 0 bridgehead atoms. The average Bonchev–Trinajstić information content (AvgIpc) is 3.36. The van der Waals surface area contributed by atoms with Gasteiger partial charge in [-0.15, -0.1) is 0 Å². The molecule has 1 amide bonds. The first-order valence-electron chi connectivity index (χ1n) is 9.93. The third-order valence-electron chi connectivity index (χ3n) is 5.47. The minimum absolute atomic E-state index is 0.0790. The van der Waals surface area contributed by atoms with Gasteiger partial charge in [0.2, 0.25) is 0 Å². The third-order valence-corrected chi connectivity index (χ3v) is 5.47. The molecule has 6 nitrogen and oxygen atoms in total. The molecule has 3 heterocycles. The van der Waals surface area contributed by atoms with Crippen molar-refractivity contribution in [1.29, 1.82) is 0 Å². The molecule has 1 unspecified atom stereocenters. The number of alkyl halides is 3. The third kappa shape index (κ3) is 4.60. The van der Waals surface area contributed by atoms with Gasteiger partial charge in [-0.05, 0) is 67.2 Å². The second-order valence-electron chi connectivity index (χ2n) is 7.85. The Kier molecular flexibility index (Phi) is 5.51. The first-order valence-corrected chi connectivity index (χ1v) is 9.93. The van der Waals surface area contributed by atoms with Crippen molar-refractivity contribution in [3.05, 3.63) is 75.9 Å². The molecule has 2 aromatic heterocycles. The van der Waals surface area contributed by atoms with E-state index in [-0.39, 0.29) is 17.5 Å². The summed E-state index contributed by atoms with van der Waals surface area (Å²) in [6.07, 6.45) is -3.06. The molecule has 1 aliphatic heterocycles. The van der Waals surface area contributed by atoms with Crippen molar-refractivity contribution in [3.63, 3.8) is 0 Å². The Balaban J connectivity index is 1.48. The molecular weight excluding hydrogens is 409 g/mol. The molecule has 1 aromatic carbocycles. The molecule has 0 spiro atoms. The summed E-state index contributed by atoms with van der Waals surface area (Å²) in [5, 5.41) is 7.35. The zero-order valence-electron chi connectivity index (χ0n) is 17.1. The van der Waals surface area contributed by atoms with E-state index in [0.717, 1.165) is 41.1 Å². The lowest BCUT2D eigenvalue weighted by molar-refractivity contribution is -0.137. The molecule has 31 heavy (non-hydrogen) atoms. The minimum Gasteiger partial charge on any atom is -0.336 e. The first kappa shape index (κ1) is 21.0. The lowest BCUT2D eigenvalue weighted by Crippen LogP contribution is -2.29. The number of likely N-dealkylation sites (tertiary alicyclic amines) is 1. The van der Waals surface area contributed by atoms with Crippen LogP contribution in [0.2, 0.25) is 0 Å². The van der Waals surface area contributed by atoms with Gasteiger partial charge in [0.15, 0.2) is 5.69 Å². The molecule has 1 aliphatic rings. The van der Waals surface area contributed by atoms with Gasteiger partial charge >= 0.3 is 6.18 Å². The van der Waals surface area contributed by atoms with Crippen LogP contribution in [-0.2, 0) is 12.6 Å². The number of nitrogens with zero attached hydrogens (tertiary/aromatic N) is 4. The summed E-state index contributed by atoms with van der Waals surface area (Å²) >= 11 is 0. The number of amides is 1. The number of carbonyl (C=O) groups excluding carboxylic acids is 1. The second-order valence-corrected chi connectivity index (χ2v) is 7.85. The van der Waals surface area contributed by atoms with Crippen molar-refractivity contribution in [1.82, 2.24) is 20.2 Å². The van der Waals surface area contributed by atoms with Gasteiger partial charge in [0.25, 0.3) is 5.91 Å². The summed E-state index contributed by atoms with van der Waals surface area (Å²) in [6.45, 7) is 4.66. The maximum absolute atomic E-state index is 12.8. The molecular formula is C22H21F3N4O2. The van der Waals surface area contributed by atoms with E-state index in [2.05, 4.69) is 19.9 Å². The topological polar surface area (TPSA) is 72.1 Å². The van der Waals surface area contributed by atoms with Gasteiger partial charge in [0.05, 0.1) is 5.56 Å². The second kappa shape index (κ2) is 8.13. The van der Waals surface area contributed by atoms with Gasteiger partial charge < -0.3 is 4.90 Å². The molecule has 0 N–H and O–H groups in total. The normalized spacial score (nSPS) is 16.7. The Morgan fingerprint density at radius 1 is 1.13 bits per heavy atom. The van der Waals surface area contributed by atoms with Gasteiger partial charge in [0.1, 0.15) is 5.69 Å². The van der Waals surface area contributed by atoms with Gasteiger partial charge in [-0.2, -0.15) is 13.2 Å². The number of benzene rings is 1. The van der Waals surface area contributed by atoms with E-state index in [1.807, 2.05) is 19.1 Å². The number of hydrogen-bond acceptors (Lipinski definition) is 5. The number of aryl methyl sites for hydroxylation is 2. The fourth-order valence-corrected chi connectivity index (χ4v) is 3.89. The molecule has 0 radical (unpaired) electrons. The summed E-state index contributed by atoms with van der Waals surface area (Å²) in [5.41, 5.74) is 3.51. The zero-order chi connectivity index (χ0) is 22.2. The highest BCUT2D eigenvalue weighted by Gasteiger charge is 2.32. The van der Waals surface area contributed by atoms with Gasteiger partial charge in [-0.1, -0.05) is 17.3 Å². The maximum atomic E-state index is 12.8. The van der Waals surface area contributed by atoms with E-state index < -0.39 is 11.7 Å². The van der Waals surface area contributed by atoms with Gasteiger partial charge in [0, 0.05) is 30.4 Å². The maximum Gasteiger partial charge on any atom is 0.416 e. The Labute approximate surface area is 177 Å². The van der Waals surface area contributed by atoms with Crippen LogP contribution in [0.4, 0.5) is 13.2 Å². The van der Waals surface area contributed by atoms with Crippen LogP contribution in [-0.4, -0.2) is 39.2 Å². The van der Waals surface area contributed by atoms with Gasteiger partial charge in [-0.3, -0.25) is 9.78 Å². The molecule has 0 aliphatic carbocycles. The standard InChI is InChI=1S/C22H21F3N4O2/c1-13-9-16(10-15-3-5-18(6-4-15)22(23,24)25)11-19(26-13)17-7-8-29(12-17)21(30)20-14(2)27-31-28-20/h3-6,9,11,17H,7-8,10,12H2,1-2H3. The lowest BCUT2D eigenvalue weighted by Gasteiger charge is -2.16. The number of halogens is 3. The quantitative estimate of drug-likeness (QED) is 0.617. The number of pyridine rings is 1. The van der Waals surface area contributed by atoms with Crippen molar-refractivity contribution >= 4 is 5.91 Å². The van der Waals surface area contributed by atoms with Crippen LogP contribution in [0.1, 0.15) is 56.6 Å². The highest BCUT2D eigenvalue weighted by atomic mass is 19.4. The fraction of sp³-hybridized carbons (Fsp3) is 0.364. The van der Waals surface area contributed by atoms with E-state index >= 15 is 0 Å². The lowest BCUT2D eigenvalue weighted by atomic mass is 9.98. The molecule has 1 fully saturated rings. The van der Waals surface area contributed by atoms with Crippen LogP contribution >= 0.6 is 0 Å². The number of carbonyl (C=O) groups is 1. The van der Waals surface area contributed by atoms with Crippen LogP contribution in [0, 0.1) is 13.8 Å².